The number of hydrogen-bond acceptors (Lipinski definition) is 3. The number of carbonyl (C=O) groups excluding carboxylic acids is 1. The van der Waals surface area contributed by atoms with Crippen molar-refractivity contribution < 1.29 is 14.6 Å². The molecule has 1 amide bonds. The Kier molecular flexibility index (Phi) is 5.27. The van der Waals surface area contributed by atoms with Gasteiger partial charge in [0.05, 0.1) is 18.6 Å². The number of aliphatic hydroxyl groups excluding tert-OH is 1. The maximum Gasteiger partial charge on any atom is 0.227 e. The number of nitrogens with one attached hydrogen (secondary N) is 2. The summed E-state index contributed by atoms with van der Waals surface area (Å²) in [5.41, 5.74) is 2.88. The summed E-state index contributed by atoms with van der Waals surface area (Å²) in [4.78, 5) is 15.7. The van der Waals surface area contributed by atoms with Crippen LogP contribution in [-0.4, -0.2) is 42.4 Å². The van der Waals surface area contributed by atoms with E-state index in [4.69, 9.17) is 16.3 Å². The standard InChI is InChI=1S/C19H21ClN2O3/c1-11(19(24)21-9-14(23)10-25-2)12-3-5-15-16-8-13(20)4-6-17(16)22-18(15)7-12/h3-8,11,14,22-23H,9-10H2,1-2H3,(H,21,24). The van der Waals surface area contributed by atoms with Gasteiger partial charge in [0, 0.05) is 40.5 Å². The molecule has 0 saturated carbocycles. The van der Waals surface area contributed by atoms with Crippen molar-refractivity contribution in [2.24, 2.45) is 0 Å². The Balaban J connectivity index is 1.81. The Hall–Kier alpha value is -2.08. The molecule has 0 aliphatic heterocycles. The van der Waals surface area contributed by atoms with E-state index in [9.17, 15) is 9.90 Å². The number of halogens is 1. The lowest BCUT2D eigenvalue weighted by Crippen LogP contribution is -2.36. The molecule has 132 valence electrons. The van der Waals surface area contributed by atoms with Gasteiger partial charge in [-0.3, -0.25) is 4.79 Å². The van der Waals surface area contributed by atoms with E-state index >= 15 is 0 Å². The second kappa shape index (κ2) is 7.44. The molecule has 2 atom stereocenters. The van der Waals surface area contributed by atoms with Crippen LogP contribution in [0.25, 0.3) is 21.8 Å². The molecule has 3 rings (SSSR count). The number of hydrogen-bond donors (Lipinski definition) is 3. The molecule has 1 aromatic heterocycles. The molecule has 2 aromatic carbocycles. The zero-order valence-corrected chi connectivity index (χ0v) is 14.9. The predicted molar refractivity (Wildman–Crippen MR) is 100 cm³/mol. The number of aliphatic hydroxyl groups is 1. The molecule has 0 bridgehead atoms. The molecule has 3 N–H and O–H groups in total. The van der Waals surface area contributed by atoms with Crippen molar-refractivity contribution in [3.8, 4) is 0 Å². The summed E-state index contributed by atoms with van der Waals surface area (Å²) in [6.07, 6.45) is -0.706. The van der Waals surface area contributed by atoms with Gasteiger partial charge in [0.25, 0.3) is 0 Å². The van der Waals surface area contributed by atoms with Crippen molar-refractivity contribution in [3.63, 3.8) is 0 Å². The zero-order chi connectivity index (χ0) is 18.0. The van der Waals surface area contributed by atoms with Crippen LogP contribution in [0.5, 0.6) is 0 Å². The van der Waals surface area contributed by atoms with Crippen LogP contribution in [0.2, 0.25) is 5.02 Å². The Labute approximate surface area is 150 Å². The quantitative estimate of drug-likeness (QED) is 0.632. The number of ether oxygens (including phenoxy) is 1. The molecule has 0 fully saturated rings. The molecule has 5 nitrogen and oxygen atoms in total. The first-order valence-corrected chi connectivity index (χ1v) is 8.53. The average molecular weight is 361 g/mol. The smallest absolute Gasteiger partial charge is 0.227 e. The number of amides is 1. The second-order valence-corrected chi connectivity index (χ2v) is 6.63. The van der Waals surface area contributed by atoms with Crippen molar-refractivity contribution in [1.29, 1.82) is 0 Å². The summed E-state index contributed by atoms with van der Waals surface area (Å²) in [5, 5.41) is 15.2. The largest absolute Gasteiger partial charge is 0.389 e. The van der Waals surface area contributed by atoms with Gasteiger partial charge in [0.2, 0.25) is 5.91 Å². The van der Waals surface area contributed by atoms with Crippen LogP contribution in [0.15, 0.2) is 36.4 Å². The molecule has 1 heterocycles. The van der Waals surface area contributed by atoms with Crippen LogP contribution in [0, 0.1) is 0 Å². The highest BCUT2D eigenvalue weighted by atomic mass is 35.5. The lowest BCUT2D eigenvalue weighted by Gasteiger charge is -2.15. The molecule has 2 unspecified atom stereocenters. The van der Waals surface area contributed by atoms with E-state index in [1.165, 1.54) is 7.11 Å². The maximum absolute atomic E-state index is 12.3. The van der Waals surface area contributed by atoms with E-state index < -0.39 is 6.10 Å². The summed E-state index contributed by atoms with van der Waals surface area (Å²) in [5.74, 6) is -0.456. The van der Waals surface area contributed by atoms with Crippen molar-refractivity contribution in [3.05, 3.63) is 47.0 Å². The average Bonchev–Trinajstić information content (AvgIpc) is 2.96. The monoisotopic (exact) mass is 360 g/mol. The fourth-order valence-electron chi connectivity index (χ4n) is 2.94. The third-order valence-electron chi connectivity index (χ3n) is 4.35. The fraction of sp³-hybridized carbons (Fsp3) is 0.316. The minimum absolute atomic E-state index is 0.131. The van der Waals surface area contributed by atoms with Crippen molar-refractivity contribution in [2.75, 3.05) is 20.3 Å². The highest BCUT2D eigenvalue weighted by Gasteiger charge is 2.17. The summed E-state index contributed by atoms with van der Waals surface area (Å²) in [7, 11) is 1.51. The maximum atomic E-state index is 12.3. The number of benzene rings is 2. The van der Waals surface area contributed by atoms with Crippen LogP contribution < -0.4 is 5.32 Å². The van der Waals surface area contributed by atoms with Gasteiger partial charge >= 0.3 is 0 Å². The van der Waals surface area contributed by atoms with Crippen LogP contribution in [-0.2, 0) is 9.53 Å². The third kappa shape index (κ3) is 3.79. The molecular weight excluding hydrogens is 340 g/mol. The van der Waals surface area contributed by atoms with Gasteiger partial charge in [-0.15, -0.1) is 0 Å². The molecule has 25 heavy (non-hydrogen) atoms. The van der Waals surface area contributed by atoms with E-state index in [0.29, 0.717) is 5.02 Å². The van der Waals surface area contributed by atoms with Gasteiger partial charge in [-0.1, -0.05) is 23.7 Å². The van der Waals surface area contributed by atoms with Gasteiger partial charge < -0.3 is 20.1 Å². The second-order valence-electron chi connectivity index (χ2n) is 6.20. The summed E-state index contributed by atoms with van der Waals surface area (Å²) < 4.78 is 4.85. The molecule has 3 aromatic rings. The zero-order valence-electron chi connectivity index (χ0n) is 14.2. The summed E-state index contributed by atoms with van der Waals surface area (Å²) in [6.45, 7) is 2.21. The predicted octanol–water partition coefficient (Wildman–Crippen LogP) is 3.20. The molecule has 0 aliphatic carbocycles. The lowest BCUT2D eigenvalue weighted by molar-refractivity contribution is -0.122. The molecule has 6 heteroatoms. The van der Waals surface area contributed by atoms with Crippen LogP contribution in [0.1, 0.15) is 18.4 Å². The minimum Gasteiger partial charge on any atom is -0.389 e. The van der Waals surface area contributed by atoms with E-state index in [1.807, 2.05) is 43.3 Å². The number of carbonyl (C=O) groups is 1. The molecular formula is C19H21ClN2O3. The number of aromatic nitrogens is 1. The van der Waals surface area contributed by atoms with Gasteiger partial charge in [-0.05, 0) is 36.8 Å². The van der Waals surface area contributed by atoms with Gasteiger partial charge in [0.15, 0.2) is 0 Å². The number of aromatic amines is 1. The van der Waals surface area contributed by atoms with Crippen molar-refractivity contribution in [1.82, 2.24) is 10.3 Å². The highest BCUT2D eigenvalue weighted by molar-refractivity contribution is 6.31. The topological polar surface area (TPSA) is 74.3 Å². The SMILES string of the molecule is COCC(O)CNC(=O)C(C)c1ccc2c(c1)[nH]c1ccc(Cl)cc12. The van der Waals surface area contributed by atoms with E-state index in [-0.39, 0.29) is 25.0 Å². The Bertz CT molecular complexity index is 906. The van der Waals surface area contributed by atoms with Gasteiger partial charge in [-0.25, -0.2) is 0 Å². The van der Waals surface area contributed by atoms with Crippen LogP contribution in [0.3, 0.4) is 0 Å². The Morgan fingerprint density at radius 2 is 2.04 bits per heavy atom. The van der Waals surface area contributed by atoms with Crippen molar-refractivity contribution >= 4 is 39.3 Å². The molecule has 0 aliphatic rings. The molecule has 0 saturated heterocycles. The lowest BCUT2D eigenvalue weighted by atomic mass is 9.98. The fourth-order valence-corrected chi connectivity index (χ4v) is 3.11. The van der Waals surface area contributed by atoms with Crippen LogP contribution in [0.4, 0.5) is 0 Å². The van der Waals surface area contributed by atoms with E-state index in [2.05, 4.69) is 10.3 Å². The first-order chi connectivity index (χ1) is 12.0. The van der Waals surface area contributed by atoms with Crippen molar-refractivity contribution in [2.45, 2.75) is 18.9 Å². The first kappa shape index (κ1) is 17.7. The first-order valence-electron chi connectivity index (χ1n) is 8.15. The number of rotatable bonds is 6. The Morgan fingerprint density at radius 3 is 2.80 bits per heavy atom. The highest BCUT2D eigenvalue weighted by Crippen LogP contribution is 2.30. The Morgan fingerprint density at radius 1 is 1.24 bits per heavy atom. The van der Waals surface area contributed by atoms with E-state index in [0.717, 1.165) is 27.4 Å². The number of methoxy groups -OCH3 is 1. The third-order valence-corrected chi connectivity index (χ3v) is 4.58. The van der Waals surface area contributed by atoms with Gasteiger partial charge in [0.1, 0.15) is 0 Å². The number of fused-ring (bicyclic) bond motifs is 3. The summed E-state index contributed by atoms with van der Waals surface area (Å²) >= 11 is 6.09. The van der Waals surface area contributed by atoms with E-state index in [1.54, 1.807) is 0 Å². The molecule has 0 spiro atoms. The normalized spacial score (nSPS) is 13.9. The molecule has 0 radical (unpaired) electrons. The minimum atomic E-state index is -0.706. The number of H-pyrrole nitrogens is 1. The van der Waals surface area contributed by atoms with Crippen LogP contribution >= 0.6 is 11.6 Å². The van der Waals surface area contributed by atoms with Gasteiger partial charge in [-0.2, -0.15) is 0 Å². The summed E-state index contributed by atoms with van der Waals surface area (Å²) in [6, 6.07) is 11.7.